The summed E-state index contributed by atoms with van der Waals surface area (Å²) in [6.07, 6.45) is 2.40. The zero-order chi connectivity index (χ0) is 15.7. The normalized spacial score (nSPS) is 23.0. The van der Waals surface area contributed by atoms with Crippen molar-refractivity contribution in [1.29, 1.82) is 0 Å². The number of likely N-dealkylation sites (tertiary alicyclic amines) is 1. The van der Waals surface area contributed by atoms with Crippen molar-refractivity contribution in [3.63, 3.8) is 0 Å². The number of piperidine rings is 1. The predicted octanol–water partition coefficient (Wildman–Crippen LogP) is 2.89. The summed E-state index contributed by atoms with van der Waals surface area (Å²) in [5, 5.41) is 1.96. The van der Waals surface area contributed by atoms with Crippen LogP contribution >= 0.6 is 11.3 Å². The fourth-order valence-electron chi connectivity index (χ4n) is 3.32. The Bertz CT molecular complexity index is 563. The average molecular weight is 322 g/mol. The van der Waals surface area contributed by atoms with Crippen molar-refractivity contribution in [2.45, 2.75) is 45.2 Å². The maximum atomic E-state index is 12.5. The molecule has 22 heavy (non-hydrogen) atoms. The predicted molar refractivity (Wildman–Crippen MR) is 85.2 cm³/mol. The molecule has 0 aromatic carbocycles. The molecule has 0 bridgehead atoms. The molecule has 0 saturated carbocycles. The van der Waals surface area contributed by atoms with Crippen LogP contribution < -0.4 is 0 Å². The first-order valence-electron chi connectivity index (χ1n) is 7.90. The standard InChI is InChI=1S/C16H22N2O3S/c1-3-12-10-21-16(20)18(12)13-4-7-17(8-5-13)15(19)14-11(2)6-9-22-14/h6,9,12-13H,3-5,7-8,10H2,1-2H3. The Morgan fingerprint density at radius 2 is 2.14 bits per heavy atom. The highest BCUT2D eigenvalue weighted by Crippen LogP contribution is 2.27. The van der Waals surface area contributed by atoms with Crippen LogP contribution in [0.4, 0.5) is 4.79 Å². The van der Waals surface area contributed by atoms with Gasteiger partial charge in [-0.25, -0.2) is 4.79 Å². The third-order valence-electron chi connectivity index (χ3n) is 4.68. The summed E-state index contributed by atoms with van der Waals surface area (Å²) >= 11 is 1.51. The molecule has 1 aromatic rings. The lowest BCUT2D eigenvalue weighted by Gasteiger charge is -2.37. The van der Waals surface area contributed by atoms with Gasteiger partial charge < -0.3 is 9.64 Å². The topological polar surface area (TPSA) is 49.9 Å². The maximum Gasteiger partial charge on any atom is 0.410 e. The smallest absolute Gasteiger partial charge is 0.410 e. The van der Waals surface area contributed by atoms with Gasteiger partial charge >= 0.3 is 6.09 Å². The SMILES string of the molecule is CCC1COC(=O)N1C1CCN(C(=O)c2sccc2C)CC1. The number of ether oxygens (including phenoxy) is 1. The van der Waals surface area contributed by atoms with E-state index in [9.17, 15) is 9.59 Å². The van der Waals surface area contributed by atoms with Gasteiger partial charge in [-0.05, 0) is 43.2 Å². The molecule has 3 rings (SSSR count). The van der Waals surface area contributed by atoms with E-state index in [0.717, 1.165) is 29.7 Å². The summed E-state index contributed by atoms with van der Waals surface area (Å²) in [5.41, 5.74) is 1.05. The van der Waals surface area contributed by atoms with Gasteiger partial charge in [0.1, 0.15) is 6.61 Å². The fourth-order valence-corrected chi connectivity index (χ4v) is 4.21. The van der Waals surface area contributed by atoms with Crippen molar-refractivity contribution < 1.29 is 14.3 Å². The number of rotatable bonds is 3. The lowest BCUT2D eigenvalue weighted by atomic mass is 10.0. The van der Waals surface area contributed by atoms with Crippen LogP contribution in [0.5, 0.6) is 0 Å². The maximum absolute atomic E-state index is 12.5. The van der Waals surface area contributed by atoms with E-state index in [0.29, 0.717) is 19.7 Å². The van der Waals surface area contributed by atoms with Crippen molar-refractivity contribution in [2.75, 3.05) is 19.7 Å². The molecule has 2 aliphatic rings. The van der Waals surface area contributed by atoms with Crippen molar-refractivity contribution >= 4 is 23.3 Å². The van der Waals surface area contributed by atoms with Crippen LogP contribution in [0.3, 0.4) is 0 Å². The van der Waals surface area contributed by atoms with E-state index in [-0.39, 0.29) is 24.1 Å². The molecule has 0 spiro atoms. The molecule has 1 atom stereocenters. The average Bonchev–Trinajstić information content (AvgIpc) is 3.12. The van der Waals surface area contributed by atoms with Gasteiger partial charge in [0, 0.05) is 19.1 Å². The third kappa shape index (κ3) is 2.72. The van der Waals surface area contributed by atoms with E-state index in [1.165, 1.54) is 11.3 Å². The number of nitrogens with zero attached hydrogens (tertiary/aromatic N) is 2. The molecular formula is C16H22N2O3S. The molecule has 1 unspecified atom stereocenters. The molecular weight excluding hydrogens is 300 g/mol. The largest absolute Gasteiger partial charge is 0.447 e. The molecule has 2 amide bonds. The minimum atomic E-state index is -0.189. The second-order valence-electron chi connectivity index (χ2n) is 6.00. The molecule has 2 aliphatic heterocycles. The molecule has 120 valence electrons. The summed E-state index contributed by atoms with van der Waals surface area (Å²) in [5.74, 6) is 0.127. The van der Waals surface area contributed by atoms with Crippen molar-refractivity contribution in [3.05, 3.63) is 21.9 Å². The van der Waals surface area contributed by atoms with Crippen molar-refractivity contribution in [3.8, 4) is 0 Å². The molecule has 0 radical (unpaired) electrons. The molecule has 0 aliphatic carbocycles. The zero-order valence-electron chi connectivity index (χ0n) is 13.1. The summed E-state index contributed by atoms with van der Waals surface area (Å²) in [6, 6.07) is 2.38. The van der Waals surface area contributed by atoms with Crippen molar-refractivity contribution in [2.24, 2.45) is 0 Å². The Morgan fingerprint density at radius 1 is 1.41 bits per heavy atom. The quantitative estimate of drug-likeness (QED) is 0.860. The number of hydrogen-bond acceptors (Lipinski definition) is 4. The highest BCUT2D eigenvalue weighted by molar-refractivity contribution is 7.12. The van der Waals surface area contributed by atoms with Crippen LogP contribution in [0, 0.1) is 6.92 Å². The van der Waals surface area contributed by atoms with Gasteiger partial charge in [0.25, 0.3) is 5.91 Å². The Balaban J connectivity index is 1.62. The van der Waals surface area contributed by atoms with Crippen LogP contribution in [-0.4, -0.2) is 53.6 Å². The first-order chi connectivity index (χ1) is 10.6. The Kier molecular flexibility index (Phi) is 4.38. The summed E-state index contributed by atoms with van der Waals surface area (Å²) < 4.78 is 5.18. The van der Waals surface area contributed by atoms with Gasteiger partial charge in [-0.2, -0.15) is 0 Å². The van der Waals surface area contributed by atoms with E-state index < -0.39 is 0 Å². The van der Waals surface area contributed by atoms with Crippen LogP contribution in [0.15, 0.2) is 11.4 Å². The Morgan fingerprint density at radius 3 is 2.73 bits per heavy atom. The first kappa shape index (κ1) is 15.3. The van der Waals surface area contributed by atoms with Gasteiger partial charge in [0.2, 0.25) is 0 Å². The number of hydrogen-bond donors (Lipinski definition) is 0. The summed E-state index contributed by atoms with van der Waals surface area (Å²) in [6.45, 7) is 5.98. The lowest BCUT2D eigenvalue weighted by molar-refractivity contribution is 0.0639. The van der Waals surface area contributed by atoms with E-state index in [2.05, 4.69) is 6.92 Å². The Labute approximate surface area is 134 Å². The second kappa shape index (κ2) is 6.28. The van der Waals surface area contributed by atoms with E-state index >= 15 is 0 Å². The summed E-state index contributed by atoms with van der Waals surface area (Å²) in [4.78, 5) is 29.1. The van der Waals surface area contributed by atoms with E-state index in [1.54, 1.807) is 0 Å². The monoisotopic (exact) mass is 322 g/mol. The van der Waals surface area contributed by atoms with Gasteiger partial charge in [-0.3, -0.25) is 9.69 Å². The molecule has 2 saturated heterocycles. The minimum Gasteiger partial charge on any atom is -0.447 e. The van der Waals surface area contributed by atoms with E-state index in [1.807, 2.05) is 28.2 Å². The molecule has 6 heteroatoms. The molecule has 1 aromatic heterocycles. The number of cyclic esters (lactones) is 1. The minimum absolute atomic E-state index is 0.127. The fraction of sp³-hybridized carbons (Fsp3) is 0.625. The zero-order valence-corrected chi connectivity index (χ0v) is 13.9. The second-order valence-corrected chi connectivity index (χ2v) is 6.92. The van der Waals surface area contributed by atoms with Gasteiger partial charge in [0.05, 0.1) is 10.9 Å². The number of carbonyl (C=O) groups excluding carboxylic acids is 2. The number of aryl methyl sites for hydroxylation is 1. The Hall–Kier alpha value is -1.56. The number of carbonyl (C=O) groups is 2. The molecule has 3 heterocycles. The van der Waals surface area contributed by atoms with E-state index in [4.69, 9.17) is 4.74 Å². The highest BCUT2D eigenvalue weighted by atomic mass is 32.1. The highest BCUT2D eigenvalue weighted by Gasteiger charge is 2.39. The van der Waals surface area contributed by atoms with Crippen LogP contribution in [0.25, 0.3) is 0 Å². The third-order valence-corrected chi connectivity index (χ3v) is 5.68. The van der Waals surface area contributed by atoms with Gasteiger partial charge in [0.15, 0.2) is 0 Å². The van der Waals surface area contributed by atoms with Crippen LogP contribution in [-0.2, 0) is 4.74 Å². The molecule has 2 fully saturated rings. The van der Waals surface area contributed by atoms with Crippen LogP contribution in [0.2, 0.25) is 0 Å². The van der Waals surface area contributed by atoms with Crippen LogP contribution in [0.1, 0.15) is 41.4 Å². The van der Waals surface area contributed by atoms with Crippen molar-refractivity contribution in [1.82, 2.24) is 9.80 Å². The first-order valence-corrected chi connectivity index (χ1v) is 8.78. The lowest BCUT2D eigenvalue weighted by Crippen LogP contribution is -2.49. The number of thiophene rings is 1. The van der Waals surface area contributed by atoms with Gasteiger partial charge in [-0.15, -0.1) is 11.3 Å². The number of amides is 2. The molecule has 5 nitrogen and oxygen atoms in total. The summed E-state index contributed by atoms with van der Waals surface area (Å²) in [7, 11) is 0. The molecule has 0 N–H and O–H groups in total. The van der Waals surface area contributed by atoms with Gasteiger partial charge in [-0.1, -0.05) is 6.92 Å².